The minimum atomic E-state index is -0.126. The van der Waals surface area contributed by atoms with E-state index in [2.05, 4.69) is 19.9 Å². The van der Waals surface area contributed by atoms with Gasteiger partial charge in [-0.2, -0.15) is 0 Å². The van der Waals surface area contributed by atoms with Gasteiger partial charge >= 0.3 is 0 Å². The molecule has 150 valence electrons. The molecule has 5 aliphatic rings. The monoisotopic (exact) mass is 370 g/mol. The number of hydrogen-bond donors (Lipinski definition) is 1. The van der Waals surface area contributed by atoms with Crippen molar-refractivity contribution < 1.29 is 9.90 Å². The molecule has 4 fully saturated rings. The maximum atomic E-state index is 13.6. The van der Waals surface area contributed by atoms with Gasteiger partial charge in [0.05, 0.1) is 6.10 Å². The van der Waals surface area contributed by atoms with E-state index in [1.807, 2.05) is 0 Å². The van der Waals surface area contributed by atoms with Gasteiger partial charge < -0.3 is 5.11 Å². The fraction of sp³-hybridized carbons (Fsp3) is 0.880. The lowest BCUT2D eigenvalue weighted by atomic mass is 9.48. The molecule has 0 aromatic carbocycles. The summed E-state index contributed by atoms with van der Waals surface area (Å²) in [6, 6.07) is 0. The molecule has 2 nitrogen and oxygen atoms in total. The first-order valence-electron chi connectivity index (χ1n) is 11.9. The Balaban J connectivity index is 1.43. The van der Waals surface area contributed by atoms with Gasteiger partial charge in [-0.05, 0) is 86.9 Å². The number of fused-ring (bicyclic) bond motifs is 5. The van der Waals surface area contributed by atoms with Crippen LogP contribution in [0.1, 0.15) is 90.9 Å². The second kappa shape index (κ2) is 6.44. The smallest absolute Gasteiger partial charge is 0.142 e. The summed E-state index contributed by atoms with van der Waals surface area (Å²) in [5.41, 5.74) is 1.79. The van der Waals surface area contributed by atoms with E-state index in [1.165, 1.54) is 44.9 Å². The molecule has 5 aliphatic carbocycles. The van der Waals surface area contributed by atoms with Crippen LogP contribution in [0.2, 0.25) is 0 Å². The first kappa shape index (κ1) is 18.4. The summed E-state index contributed by atoms with van der Waals surface area (Å²) in [7, 11) is 0. The number of aliphatic hydroxyl groups is 1. The Kier molecular flexibility index (Phi) is 4.39. The van der Waals surface area contributed by atoms with Crippen molar-refractivity contribution >= 4 is 5.78 Å². The SMILES string of the molecule is C[C@]12CC[C@H](O)CC1=CC[C@H]1[C@H]2CC[C@]2(C)C(=O)[C@@H](C3CCCCC3)C[C@H]12. The predicted molar refractivity (Wildman–Crippen MR) is 108 cm³/mol. The van der Waals surface area contributed by atoms with E-state index in [0.29, 0.717) is 29.5 Å². The van der Waals surface area contributed by atoms with Gasteiger partial charge in [0, 0.05) is 11.3 Å². The van der Waals surface area contributed by atoms with Crippen molar-refractivity contribution in [2.75, 3.05) is 0 Å². The van der Waals surface area contributed by atoms with E-state index in [-0.39, 0.29) is 16.9 Å². The summed E-state index contributed by atoms with van der Waals surface area (Å²) in [5.74, 6) is 3.74. The van der Waals surface area contributed by atoms with Gasteiger partial charge in [-0.25, -0.2) is 0 Å². The van der Waals surface area contributed by atoms with E-state index in [0.717, 1.165) is 38.0 Å². The number of carbonyl (C=O) groups is 1. The molecule has 0 aromatic heterocycles. The number of hydrogen-bond acceptors (Lipinski definition) is 2. The molecule has 0 bridgehead atoms. The van der Waals surface area contributed by atoms with Crippen LogP contribution in [-0.2, 0) is 4.79 Å². The standard InChI is InChI=1S/C25H38O2/c1-24-12-10-18(26)14-17(24)8-9-19-21(24)11-13-25(2)22(19)15-20(23(25)27)16-6-4-3-5-7-16/h8,16,18-22,26H,3-7,9-15H2,1-2H3/t18-,19-,20+,21+,22+,24-,25-/m0/s1. The van der Waals surface area contributed by atoms with Crippen molar-refractivity contribution in [2.45, 2.75) is 97.0 Å². The van der Waals surface area contributed by atoms with Crippen LogP contribution in [-0.4, -0.2) is 17.0 Å². The van der Waals surface area contributed by atoms with Crippen LogP contribution in [0.15, 0.2) is 11.6 Å². The van der Waals surface area contributed by atoms with Gasteiger partial charge in [-0.15, -0.1) is 0 Å². The van der Waals surface area contributed by atoms with E-state index in [1.54, 1.807) is 5.57 Å². The number of allylic oxidation sites excluding steroid dienone is 1. The molecule has 1 N–H and O–H groups in total. The van der Waals surface area contributed by atoms with Crippen molar-refractivity contribution in [3.05, 3.63) is 11.6 Å². The Morgan fingerprint density at radius 3 is 2.48 bits per heavy atom. The molecule has 5 rings (SSSR count). The highest BCUT2D eigenvalue weighted by molar-refractivity contribution is 5.89. The lowest BCUT2D eigenvalue weighted by molar-refractivity contribution is -0.135. The quantitative estimate of drug-likeness (QED) is 0.602. The molecule has 27 heavy (non-hydrogen) atoms. The highest BCUT2D eigenvalue weighted by Gasteiger charge is 2.61. The average molecular weight is 371 g/mol. The summed E-state index contributed by atoms with van der Waals surface area (Å²) < 4.78 is 0. The van der Waals surface area contributed by atoms with E-state index in [9.17, 15) is 9.90 Å². The Morgan fingerprint density at radius 1 is 0.963 bits per heavy atom. The highest BCUT2D eigenvalue weighted by Crippen LogP contribution is 2.65. The Hall–Kier alpha value is -0.630. The molecule has 0 aromatic rings. The molecular formula is C25H38O2. The molecule has 7 atom stereocenters. The molecular weight excluding hydrogens is 332 g/mol. The van der Waals surface area contributed by atoms with Gasteiger partial charge in [0.1, 0.15) is 5.78 Å². The minimum Gasteiger partial charge on any atom is -0.393 e. The van der Waals surface area contributed by atoms with E-state index in [4.69, 9.17) is 0 Å². The predicted octanol–water partition coefficient (Wildman–Crippen LogP) is 5.69. The zero-order chi connectivity index (χ0) is 18.8. The maximum Gasteiger partial charge on any atom is 0.142 e. The molecule has 0 saturated heterocycles. The Morgan fingerprint density at radius 2 is 1.70 bits per heavy atom. The second-order valence-corrected chi connectivity index (χ2v) is 11.2. The van der Waals surface area contributed by atoms with E-state index >= 15 is 0 Å². The third-order valence-corrected chi connectivity index (χ3v) is 10.1. The van der Waals surface area contributed by atoms with Gasteiger partial charge in [0.15, 0.2) is 0 Å². The van der Waals surface area contributed by atoms with Crippen LogP contribution in [0.3, 0.4) is 0 Å². The molecule has 0 spiro atoms. The van der Waals surface area contributed by atoms with Gasteiger partial charge in [-0.1, -0.05) is 44.8 Å². The number of carbonyl (C=O) groups excluding carboxylic acids is 1. The fourth-order valence-corrected chi connectivity index (χ4v) is 8.45. The molecule has 4 saturated carbocycles. The number of Topliss-reactive ketones (excluding diaryl/α,β-unsaturated/α-hetero) is 1. The van der Waals surface area contributed by atoms with Crippen molar-refractivity contribution in [3.63, 3.8) is 0 Å². The second-order valence-electron chi connectivity index (χ2n) is 11.2. The Labute approximate surface area is 165 Å². The minimum absolute atomic E-state index is 0.0425. The molecule has 0 aliphatic heterocycles. The number of ketones is 1. The topological polar surface area (TPSA) is 37.3 Å². The summed E-state index contributed by atoms with van der Waals surface area (Å²) in [6.07, 6.45) is 16.7. The van der Waals surface area contributed by atoms with Crippen LogP contribution < -0.4 is 0 Å². The summed E-state index contributed by atoms with van der Waals surface area (Å²) in [4.78, 5) is 13.6. The van der Waals surface area contributed by atoms with Crippen LogP contribution >= 0.6 is 0 Å². The number of rotatable bonds is 1. The average Bonchev–Trinajstić information content (AvgIpc) is 2.94. The summed E-state index contributed by atoms with van der Waals surface area (Å²) in [5, 5.41) is 10.2. The fourth-order valence-electron chi connectivity index (χ4n) is 8.45. The van der Waals surface area contributed by atoms with Crippen molar-refractivity contribution in [3.8, 4) is 0 Å². The zero-order valence-corrected chi connectivity index (χ0v) is 17.4. The highest BCUT2D eigenvalue weighted by atomic mass is 16.3. The lowest BCUT2D eigenvalue weighted by Crippen LogP contribution is -2.50. The summed E-state index contributed by atoms with van der Waals surface area (Å²) >= 11 is 0. The van der Waals surface area contributed by atoms with Gasteiger partial charge in [-0.3, -0.25) is 4.79 Å². The van der Waals surface area contributed by atoms with Crippen LogP contribution in [0.4, 0.5) is 0 Å². The molecule has 0 radical (unpaired) electrons. The molecule has 0 unspecified atom stereocenters. The largest absolute Gasteiger partial charge is 0.393 e. The van der Waals surface area contributed by atoms with Crippen LogP contribution in [0, 0.1) is 40.4 Å². The van der Waals surface area contributed by atoms with Crippen molar-refractivity contribution in [1.29, 1.82) is 0 Å². The molecule has 2 heteroatoms. The normalized spacial score (nSPS) is 50.6. The lowest BCUT2D eigenvalue weighted by Gasteiger charge is -2.56. The third-order valence-electron chi connectivity index (χ3n) is 10.1. The first-order chi connectivity index (χ1) is 12.9. The van der Waals surface area contributed by atoms with Crippen molar-refractivity contribution in [1.82, 2.24) is 0 Å². The van der Waals surface area contributed by atoms with E-state index < -0.39 is 0 Å². The number of aliphatic hydroxyl groups excluding tert-OH is 1. The van der Waals surface area contributed by atoms with Crippen molar-refractivity contribution in [2.24, 2.45) is 40.4 Å². The van der Waals surface area contributed by atoms with Gasteiger partial charge in [0.2, 0.25) is 0 Å². The zero-order valence-electron chi connectivity index (χ0n) is 17.4. The molecule has 0 amide bonds. The van der Waals surface area contributed by atoms with Gasteiger partial charge in [0.25, 0.3) is 0 Å². The van der Waals surface area contributed by atoms with Crippen LogP contribution in [0.5, 0.6) is 0 Å². The van der Waals surface area contributed by atoms with Crippen LogP contribution in [0.25, 0.3) is 0 Å². The third kappa shape index (κ3) is 2.65. The summed E-state index contributed by atoms with van der Waals surface area (Å²) in [6.45, 7) is 4.82. The Bertz CT molecular complexity index is 645. The maximum absolute atomic E-state index is 13.6. The first-order valence-corrected chi connectivity index (χ1v) is 11.9. The molecule has 0 heterocycles.